The minimum Gasteiger partial charge on any atom is -0.481 e. The van der Waals surface area contributed by atoms with E-state index in [0.717, 1.165) is 38.8 Å². The second-order valence-corrected chi connectivity index (χ2v) is 6.43. The van der Waals surface area contributed by atoms with Gasteiger partial charge < -0.3 is 20.1 Å². The SMILES string of the molecule is O=C(O)CCOC1CCN(C(=O)C2CC3CCC2N3)CC1. The van der Waals surface area contributed by atoms with Crippen LogP contribution in [0.1, 0.15) is 38.5 Å². The number of hydrogen-bond acceptors (Lipinski definition) is 4. The number of carboxylic acid groups (broad SMARTS) is 1. The van der Waals surface area contributed by atoms with E-state index in [1.165, 1.54) is 6.42 Å². The molecule has 21 heavy (non-hydrogen) atoms. The van der Waals surface area contributed by atoms with Gasteiger partial charge in [0.25, 0.3) is 0 Å². The first-order valence-corrected chi connectivity index (χ1v) is 8.01. The largest absolute Gasteiger partial charge is 0.481 e. The normalized spacial score (nSPS) is 32.6. The van der Waals surface area contributed by atoms with Gasteiger partial charge in [0.1, 0.15) is 0 Å². The number of rotatable bonds is 5. The van der Waals surface area contributed by atoms with Crippen molar-refractivity contribution in [1.29, 1.82) is 0 Å². The summed E-state index contributed by atoms with van der Waals surface area (Å²) < 4.78 is 5.57. The third-order valence-electron chi connectivity index (χ3n) is 5.04. The van der Waals surface area contributed by atoms with E-state index in [0.29, 0.717) is 18.0 Å². The molecule has 3 heterocycles. The number of carboxylic acids is 1. The fraction of sp³-hybridized carbons (Fsp3) is 0.867. The summed E-state index contributed by atoms with van der Waals surface area (Å²) >= 11 is 0. The van der Waals surface area contributed by atoms with Gasteiger partial charge >= 0.3 is 5.97 Å². The average Bonchev–Trinajstić information content (AvgIpc) is 3.09. The summed E-state index contributed by atoms with van der Waals surface area (Å²) in [5, 5.41) is 12.1. The van der Waals surface area contributed by atoms with E-state index in [1.807, 2.05) is 4.90 Å². The molecule has 0 spiro atoms. The van der Waals surface area contributed by atoms with Crippen LogP contribution in [-0.2, 0) is 14.3 Å². The molecule has 3 rings (SSSR count). The number of aliphatic carboxylic acids is 1. The molecule has 1 amide bonds. The van der Waals surface area contributed by atoms with E-state index in [9.17, 15) is 9.59 Å². The molecule has 3 saturated heterocycles. The molecule has 3 unspecified atom stereocenters. The fourth-order valence-electron chi connectivity index (χ4n) is 3.89. The molecule has 0 aromatic heterocycles. The Bertz CT molecular complexity index is 406. The van der Waals surface area contributed by atoms with E-state index < -0.39 is 5.97 Å². The second kappa shape index (κ2) is 6.32. The third kappa shape index (κ3) is 3.37. The van der Waals surface area contributed by atoms with Gasteiger partial charge in [-0.15, -0.1) is 0 Å². The molecule has 118 valence electrons. The Hall–Kier alpha value is -1.14. The van der Waals surface area contributed by atoms with Crippen LogP contribution >= 0.6 is 0 Å². The molecule has 2 N–H and O–H groups in total. The maximum atomic E-state index is 12.6. The van der Waals surface area contributed by atoms with Crippen LogP contribution in [0.3, 0.4) is 0 Å². The minimum absolute atomic E-state index is 0.0515. The van der Waals surface area contributed by atoms with E-state index in [2.05, 4.69) is 5.32 Å². The molecule has 0 aromatic carbocycles. The van der Waals surface area contributed by atoms with Crippen LogP contribution in [0.4, 0.5) is 0 Å². The van der Waals surface area contributed by atoms with Crippen molar-refractivity contribution in [2.75, 3.05) is 19.7 Å². The van der Waals surface area contributed by atoms with Gasteiger partial charge in [-0.3, -0.25) is 9.59 Å². The van der Waals surface area contributed by atoms with E-state index in [-0.39, 0.29) is 25.0 Å². The molecular formula is C15H24N2O4. The molecule has 6 heteroatoms. The van der Waals surface area contributed by atoms with Gasteiger partial charge in [-0.1, -0.05) is 0 Å². The first-order chi connectivity index (χ1) is 10.1. The summed E-state index contributed by atoms with van der Waals surface area (Å²) in [6.07, 6.45) is 5.14. The highest BCUT2D eigenvalue weighted by molar-refractivity contribution is 5.80. The van der Waals surface area contributed by atoms with Crippen molar-refractivity contribution in [3.63, 3.8) is 0 Å². The van der Waals surface area contributed by atoms with Gasteiger partial charge in [-0.2, -0.15) is 0 Å². The van der Waals surface area contributed by atoms with E-state index in [1.54, 1.807) is 0 Å². The van der Waals surface area contributed by atoms with E-state index >= 15 is 0 Å². The van der Waals surface area contributed by atoms with Crippen LogP contribution < -0.4 is 5.32 Å². The monoisotopic (exact) mass is 296 g/mol. The molecule has 3 aliphatic rings. The zero-order valence-electron chi connectivity index (χ0n) is 12.3. The standard InChI is InChI=1S/C15H24N2O4/c18-14(19)5-8-21-11-3-6-17(7-4-11)15(20)12-9-10-1-2-13(12)16-10/h10-13,16H,1-9H2,(H,18,19). The smallest absolute Gasteiger partial charge is 0.305 e. The van der Waals surface area contributed by atoms with Crippen LogP contribution in [0, 0.1) is 5.92 Å². The molecule has 6 nitrogen and oxygen atoms in total. The van der Waals surface area contributed by atoms with Crippen molar-refractivity contribution in [3.8, 4) is 0 Å². The molecule has 2 bridgehead atoms. The van der Waals surface area contributed by atoms with Crippen molar-refractivity contribution in [2.45, 2.75) is 56.7 Å². The lowest BCUT2D eigenvalue weighted by molar-refractivity contribution is -0.140. The molecule has 0 aliphatic carbocycles. The summed E-state index contributed by atoms with van der Waals surface area (Å²) in [5.74, 6) is -0.349. The number of hydrogen-bond donors (Lipinski definition) is 2. The molecular weight excluding hydrogens is 272 g/mol. The lowest BCUT2D eigenvalue weighted by Crippen LogP contribution is -2.46. The molecule has 0 saturated carbocycles. The Morgan fingerprint density at radius 2 is 1.95 bits per heavy atom. The zero-order valence-corrected chi connectivity index (χ0v) is 12.3. The quantitative estimate of drug-likeness (QED) is 0.777. The number of likely N-dealkylation sites (tertiary alicyclic amines) is 1. The van der Waals surface area contributed by atoms with Crippen molar-refractivity contribution in [2.24, 2.45) is 5.92 Å². The Morgan fingerprint density at radius 1 is 1.19 bits per heavy atom. The van der Waals surface area contributed by atoms with Gasteiger partial charge in [-0.05, 0) is 32.1 Å². The van der Waals surface area contributed by atoms with Crippen molar-refractivity contribution in [3.05, 3.63) is 0 Å². The number of carbonyl (C=O) groups excluding carboxylic acids is 1. The number of amides is 1. The fourth-order valence-corrected chi connectivity index (χ4v) is 3.89. The lowest BCUT2D eigenvalue weighted by Gasteiger charge is -2.34. The lowest BCUT2D eigenvalue weighted by atomic mass is 9.87. The van der Waals surface area contributed by atoms with Crippen LogP contribution in [0.25, 0.3) is 0 Å². The Morgan fingerprint density at radius 3 is 2.52 bits per heavy atom. The number of fused-ring (bicyclic) bond motifs is 2. The zero-order chi connectivity index (χ0) is 14.8. The summed E-state index contributed by atoms with van der Waals surface area (Å²) in [5.41, 5.74) is 0. The summed E-state index contributed by atoms with van der Waals surface area (Å²) in [6, 6.07) is 0.952. The first-order valence-electron chi connectivity index (χ1n) is 8.01. The Labute approximate surface area is 124 Å². The predicted molar refractivity (Wildman–Crippen MR) is 75.9 cm³/mol. The van der Waals surface area contributed by atoms with Crippen molar-refractivity contribution in [1.82, 2.24) is 10.2 Å². The van der Waals surface area contributed by atoms with Crippen molar-refractivity contribution >= 4 is 11.9 Å². The Kier molecular flexibility index (Phi) is 4.45. The van der Waals surface area contributed by atoms with Gasteiger partial charge in [-0.25, -0.2) is 0 Å². The number of carbonyl (C=O) groups is 2. The highest BCUT2D eigenvalue weighted by Crippen LogP contribution is 2.34. The summed E-state index contributed by atoms with van der Waals surface area (Å²) in [7, 11) is 0. The molecule has 3 aliphatic heterocycles. The second-order valence-electron chi connectivity index (χ2n) is 6.43. The van der Waals surface area contributed by atoms with Crippen LogP contribution in [-0.4, -0.2) is 59.8 Å². The minimum atomic E-state index is -0.827. The molecule has 0 aromatic rings. The first kappa shape index (κ1) is 14.8. The maximum Gasteiger partial charge on any atom is 0.305 e. The maximum absolute atomic E-state index is 12.6. The molecule has 3 atom stereocenters. The number of nitrogens with one attached hydrogen (secondary N) is 1. The van der Waals surface area contributed by atoms with Crippen molar-refractivity contribution < 1.29 is 19.4 Å². The number of nitrogens with zero attached hydrogens (tertiary/aromatic N) is 1. The van der Waals surface area contributed by atoms with Gasteiger partial charge in [0, 0.05) is 25.2 Å². The van der Waals surface area contributed by atoms with E-state index in [4.69, 9.17) is 9.84 Å². The van der Waals surface area contributed by atoms with Gasteiger partial charge in [0.15, 0.2) is 0 Å². The highest BCUT2D eigenvalue weighted by Gasteiger charge is 2.44. The number of piperidine rings is 1. The van der Waals surface area contributed by atoms with Gasteiger partial charge in [0.2, 0.25) is 5.91 Å². The predicted octanol–water partition coefficient (Wildman–Crippen LogP) is 0.609. The van der Waals surface area contributed by atoms with Crippen LogP contribution in [0.2, 0.25) is 0 Å². The summed E-state index contributed by atoms with van der Waals surface area (Å²) in [4.78, 5) is 25.0. The highest BCUT2D eigenvalue weighted by atomic mass is 16.5. The summed E-state index contributed by atoms with van der Waals surface area (Å²) in [6.45, 7) is 1.75. The molecule has 0 radical (unpaired) electrons. The number of ether oxygens (including phenoxy) is 1. The average molecular weight is 296 g/mol. The topological polar surface area (TPSA) is 78.9 Å². The third-order valence-corrected chi connectivity index (χ3v) is 5.04. The Balaban J connectivity index is 1.41. The van der Waals surface area contributed by atoms with Gasteiger partial charge in [0.05, 0.1) is 25.0 Å². The van der Waals surface area contributed by atoms with Crippen LogP contribution in [0.5, 0.6) is 0 Å². The molecule has 3 fully saturated rings. The van der Waals surface area contributed by atoms with Crippen LogP contribution in [0.15, 0.2) is 0 Å².